The predicted octanol–water partition coefficient (Wildman–Crippen LogP) is 3.99. The Kier molecular flexibility index (Phi) is 6.42. The highest BCUT2D eigenvalue weighted by atomic mass is 19.1. The van der Waals surface area contributed by atoms with Crippen LogP contribution in [0.2, 0.25) is 0 Å². The Morgan fingerprint density at radius 2 is 1.64 bits per heavy atom. The minimum atomic E-state index is -0.461. The van der Waals surface area contributed by atoms with Gasteiger partial charge in [0, 0.05) is 23.5 Å². The molecule has 0 bridgehead atoms. The van der Waals surface area contributed by atoms with Crippen molar-refractivity contribution in [3.05, 3.63) is 60.9 Å². The van der Waals surface area contributed by atoms with Gasteiger partial charge in [0.2, 0.25) is 0 Å². The van der Waals surface area contributed by atoms with Gasteiger partial charge < -0.3 is 18.6 Å². The van der Waals surface area contributed by atoms with Crippen molar-refractivity contribution >= 4 is 5.52 Å². The fourth-order valence-corrected chi connectivity index (χ4v) is 2.57. The van der Waals surface area contributed by atoms with Crippen LogP contribution in [0.5, 0.6) is 5.75 Å². The Morgan fingerprint density at radius 1 is 0.800 bits per heavy atom. The van der Waals surface area contributed by atoms with Gasteiger partial charge in [-0.25, -0.2) is 4.39 Å². The molecular formula is C20H22FNO3. The first kappa shape index (κ1) is 17.5. The molecule has 2 heterocycles. The number of hydrogen-bond donors (Lipinski definition) is 0. The lowest BCUT2D eigenvalue weighted by atomic mass is 10.1. The zero-order valence-electron chi connectivity index (χ0n) is 14.1. The van der Waals surface area contributed by atoms with Crippen molar-refractivity contribution in [2.24, 2.45) is 0 Å². The third kappa shape index (κ3) is 5.05. The summed E-state index contributed by atoms with van der Waals surface area (Å²) in [5.74, 6) is 0.810. The average Bonchev–Trinajstić information content (AvgIpc) is 3.08. The Morgan fingerprint density at radius 3 is 2.48 bits per heavy atom. The topological polar surface area (TPSA) is 32.1 Å². The molecule has 0 spiro atoms. The molecule has 0 saturated carbocycles. The molecule has 0 saturated heterocycles. The lowest BCUT2D eigenvalue weighted by Gasteiger charge is -2.08. The highest BCUT2D eigenvalue weighted by Gasteiger charge is 2.04. The van der Waals surface area contributed by atoms with Crippen LogP contribution >= 0.6 is 0 Å². The Bertz CT molecular complexity index is 754. The summed E-state index contributed by atoms with van der Waals surface area (Å²) in [6, 6.07) is 16.3. The Balaban J connectivity index is 1.50. The number of aromatic nitrogens is 1. The first-order chi connectivity index (χ1) is 12.4. The summed E-state index contributed by atoms with van der Waals surface area (Å²) < 4.78 is 30.1. The zero-order valence-corrected chi connectivity index (χ0v) is 14.1. The molecule has 0 aliphatic heterocycles. The Labute approximate surface area is 146 Å². The number of alkyl halides is 1. The molecule has 5 heteroatoms. The number of pyridine rings is 1. The van der Waals surface area contributed by atoms with E-state index in [1.807, 2.05) is 36.5 Å². The maximum absolute atomic E-state index is 11.8. The SMILES string of the molecule is FCCOCCOCCOc1cccc(-c2cc3ccccn3c2)c1. The van der Waals surface area contributed by atoms with Crippen molar-refractivity contribution in [2.75, 3.05) is 39.7 Å². The van der Waals surface area contributed by atoms with E-state index in [2.05, 4.69) is 28.8 Å². The van der Waals surface area contributed by atoms with Crippen molar-refractivity contribution in [2.45, 2.75) is 0 Å². The molecular weight excluding hydrogens is 321 g/mol. The van der Waals surface area contributed by atoms with E-state index in [0.29, 0.717) is 26.4 Å². The summed E-state index contributed by atoms with van der Waals surface area (Å²) in [5, 5.41) is 0. The quantitative estimate of drug-likeness (QED) is 0.522. The van der Waals surface area contributed by atoms with Crippen molar-refractivity contribution in [3.8, 4) is 16.9 Å². The first-order valence-corrected chi connectivity index (χ1v) is 8.38. The van der Waals surface area contributed by atoms with Gasteiger partial charge in [0.1, 0.15) is 19.0 Å². The zero-order chi connectivity index (χ0) is 17.3. The maximum Gasteiger partial charge on any atom is 0.120 e. The predicted molar refractivity (Wildman–Crippen MR) is 95.9 cm³/mol. The van der Waals surface area contributed by atoms with E-state index in [-0.39, 0.29) is 6.61 Å². The molecule has 0 unspecified atom stereocenters. The van der Waals surface area contributed by atoms with Gasteiger partial charge in [-0.2, -0.15) is 0 Å². The molecule has 3 rings (SSSR count). The van der Waals surface area contributed by atoms with Crippen molar-refractivity contribution < 1.29 is 18.6 Å². The number of hydrogen-bond acceptors (Lipinski definition) is 3. The standard InChI is InChI=1S/C20H22FNO3/c21-7-9-23-10-11-24-12-13-25-20-6-3-4-17(15-20)18-14-19-5-1-2-8-22(19)16-18/h1-6,8,14-16H,7,9-13H2. The van der Waals surface area contributed by atoms with E-state index in [4.69, 9.17) is 14.2 Å². The summed E-state index contributed by atoms with van der Waals surface area (Å²) in [5.41, 5.74) is 3.42. The molecule has 0 fully saturated rings. The number of fused-ring (bicyclic) bond motifs is 1. The van der Waals surface area contributed by atoms with Crippen LogP contribution in [0.4, 0.5) is 4.39 Å². The number of ether oxygens (including phenoxy) is 3. The summed E-state index contributed by atoms with van der Waals surface area (Å²) in [7, 11) is 0. The molecule has 0 amide bonds. The first-order valence-electron chi connectivity index (χ1n) is 8.38. The van der Waals surface area contributed by atoms with E-state index in [1.165, 1.54) is 0 Å². The van der Waals surface area contributed by atoms with E-state index < -0.39 is 6.67 Å². The molecule has 0 radical (unpaired) electrons. The smallest absolute Gasteiger partial charge is 0.120 e. The molecule has 25 heavy (non-hydrogen) atoms. The highest BCUT2D eigenvalue weighted by molar-refractivity contribution is 5.71. The number of benzene rings is 1. The normalized spacial score (nSPS) is 11.1. The Hall–Kier alpha value is -2.37. The second-order valence-corrected chi connectivity index (χ2v) is 5.55. The minimum absolute atomic E-state index is 0.127. The molecule has 2 aromatic heterocycles. The van der Waals surface area contributed by atoms with Crippen molar-refractivity contribution in [3.63, 3.8) is 0 Å². The van der Waals surface area contributed by atoms with Crippen LogP contribution in [0.3, 0.4) is 0 Å². The van der Waals surface area contributed by atoms with Crippen LogP contribution < -0.4 is 4.74 Å². The van der Waals surface area contributed by atoms with E-state index in [0.717, 1.165) is 22.4 Å². The molecule has 4 nitrogen and oxygen atoms in total. The lowest BCUT2D eigenvalue weighted by molar-refractivity contribution is 0.0325. The second kappa shape index (κ2) is 9.20. The van der Waals surface area contributed by atoms with Crippen LogP contribution in [0, 0.1) is 0 Å². The van der Waals surface area contributed by atoms with Gasteiger partial charge in [0.25, 0.3) is 0 Å². The van der Waals surface area contributed by atoms with E-state index in [1.54, 1.807) is 0 Å². The van der Waals surface area contributed by atoms with Gasteiger partial charge in [-0.05, 0) is 35.9 Å². The van der Waals surface area contributed by atoms with Crippen LogP contribution in [0.25, 0.3) is 16.6 Å². The molecule has 0 atom stereocenters. The fraction of sp³-hybridized carbons (Fsp3) is 0.300. The summed E-state index contributed by atoms with van der Waals surface area (Å²) in [6.07, 6.45) is 4.14. The van der Waals surface area contributed by atoms with Gasteiger partial charge in [-0.1, -0.05) is 18.2 Å². The van der Waals surface area contributed by atoms with Crippen molar-refractivity contribution in [1.82, 2.24) is 4.40 Å². The monoisotopic (exact) mass is 343 g/mol. The maximum atomic E-state index is 11.8. The van der Waals surface area contributed by atoms with Crippen LogP contribution in [-0.2, 0) is 9.47 Å². The summed E-state index contributed by atoms with van der Waals surface area (Å²) in [6.45, 7) is 1.45. The van der Waals surface area contributed by atoms with Crippen molar-refractivity contribution in [1.29, 1.82) is 0 Å². The van der Waals surface area contributed by atoms with Crippen LogP contribution in [-0.4, -0.2) is 44.1 Å². The molecule has 3 aromatic rings. The van der Waals surface area contributed by atoms with Crippen LogP contribution in [0.1, 0.15) is 0 Å². The number of halogens is 1. The minimum Gasteiger partial charge on any atom is -0.491 e. The highest BCUT2D eigenvalue weighted by Crippen LogP contribution is 2.26. The van der Waals surface area contributed by atoms with Gasteiger partial charge >= 0.3 is 0 Å². The summed E-state index contributed by atoms with van der Waals surface area (Å²) >= 11 is 0. The van der Waals surface area contributed by atoms with E-state index in [9.17, 15) is 4.39 Å². The molecule has 0 aliphatic carbocycles. The largest absolute Gasteiger partial charge is 0.491 e. The number of rotatable bonds is 10. The molecule has 0 aliphatic rings. The molecule has 132 valence electrons. The third-order valence-corrected chi connectivity index (χ3v) is 3.76. The van der Waals surface area contributed by atoms with Gasteiger partial charge in [-0.3, -0.25) is 0 Å². The lowest BCUT2D eigenvalue weighted by Crippen LogP contribution is -2.11. The average molecular weight is 343 g/mol. The van der Waals surface area contributed by atoms with Crippen LogP contribution in [0.15, 0.2) is 60.9 Å². The molecule has 1 aromatic carbocycles. The van der Waals surface area contributed by atoms with E-state index >= 15 is 0 Å². The molecule has 0 N–H and O–H groups in total. The van der Waals surface area contributed by atoms with Gasteiger partial charge in [0.05, 0.1) is 26.4 Å². The van der Waals surface area contributed by atoms with Gasteiger partial charge in [-0.15, -0.1) is 0 Å². The second-order valence-electron chi connectivity index (χ2n) is 5.55. The number of nitrogens with zero attached hydrogens (tertiary/aromatic N) is 1. The third-order valence-electron chi connectivity index (χ3n) is 3.76. The fourth-order valence-electron chi connectivity index (χ4n) is 2.57. The van der Waals surface area contributed by atoms with Gasteiger partial charge in [0.15, 0.2) is 0 Å². The summed E-state index contributed by atoms with van der Waals surface area (Å²) in [4.78, 5) is 0.